The highest BCUT2D eigenvalue weighted by Crippen LogP contribution is 2.40. The summed E-state index contributed by atoms with van der Waals surface area (Å²) in [6.45, 7) is 2.24. The summed E-state index contributed by atoms with van der Waals surface area (Å²) in [7, 11) is 0. The molecule has 0 heterocycles. The molecule has 0 aromatic heterocycles. The molecule has 1 aliphatic carbocycles. The van der Waals surface area contributed by atoms with Gasteiger partial charge in [0.1, 0.15) is 0 Å². The maximum Gasteiger partial charge on any atom is 0.303 e. The smallest absolute Gasteiger partial charge is 0.303 e. The number of aliphatic hydroxyl groups excluding tert-OH is 1. The average molecular weight is 363 g/mol. The van der Waals surface area contributed by atoms with Gasteiger partial charge in [-0.2, -0.15) is 0 Å². The van der Waals surface area contributed by atoms with Gasteiger partial charge in [-0.1, -0.05) is 56.2 Å². The molecule has 2 atom stereocenters. The Labute approximate surface area is 159 Å². The highest BCUT2D eigenvalue weighted by Gasteiger charge is 2.28. The Kier molecular flexibility index (Phi) is 12.9. The summed E-state index contributed by atoms with van der Waals surface area (Å²) in [6, 6.07) is 0. The first-order valence-electron chi connectivity index (χ1n) is 10.5. The maximum atomic E-state index is 10.4. The normalized spacial score (nSPS) is 17.5. The minimum absolute atomic E-state index is 0.211. The number of aliphatic carboxylic acids is 1. The predicted octanol–water partition coefficient (Wildman–Crippen LogP) is 6.05. The first-order chi connectivity index (χ1) is 12.6. The van der Waals surface area contributed by atoms with Crippen LogP contribution in [0.2, 0.25) is 0 Å². The number of carbonyl (C=O) groups is 1. The zero-order valence-corrected chi connectivity index (χ0v) is 16.5. The molecule has 0 aromatic rings. The fourth-order valence-electron chi connectivity index (χ4n) is 3.12. The Balaban J connectivity index is 2.19. The standard InChI is InChI=1S/C23H38O3/c1-2-3-4-5-6-7-10-13-20(21-16-17-21)18-19-22(24)14-11-8-9-12-15-23(25)26/h6-8,11,18-22,24H,2-5,9-10,12-17H2,1H3,(H,25,26)/t20-,22-/m0/s1. The summed E-state index contributed by atoms with van der Waals surface area (Å²) in [5, 5.41) is 18.7. The van der Waals surface area contributed by atoms with Crippen molar-refractivity contribution >= 4 is 5.97 Å². The lowest BCUT2D eigenvalue weighted by molar-refractivity contribution is -0.137. The molecule has 0 aromatic carbocycles. The zero-order chi connectivity index (χ0) is 19.0. The lowest BCUT2D eigenvalue weighted by Gasteiger charge is -2.11. The summed E-state index contributed by atoms with van der Waals surface area (Å²) in [4.78, 5) is 10.4. The van der Waals surface area contributed by atoms with Crippen LogP contribution in [0.5, 0.6) is 0 Å². The van der Waals surface area contributed by atoms with Crippen molar-refractivity contribution in [3.63, 3.8) is 0 Å². The molecule has 0 bridgehead atoms. The summed E-state index contributed by atoms with van der Waals surface area (Å²) >= 11 is 0. The van der Waals surface area contributed by atoms with Crippen LogP contribution in [-0.2, 0) is 4.79 Å². The van der Waals surface area contributed by atoms with Crippen molar-refractivity contribution in [2.24, 2.45) is 11.8 Å². The van der Waals surface area contributed by atoms with Gasteiger partial charge in [0, 0.05) is 6.42 Å². The van der Waals surface area contributed by atoms with E-state index in [0.717, 1.165) is 18.8 Å². The van der Waals surface area contributed by atoms with E-state index in [9.17, 15) is 9.90 Å². The van der Waals surface area contributed by atoms with Crippen molar-refractivity contribution in [1.29, 1.82) is 0 Å². The van der Waals surface area contributed by atoms with Gasteiger partial charge >= 0.3 is 5.97 Å². The Morgan fingerprint density at radius 1 is 1.00 bits per heavy atom. The van der Waals surface area contributed by atoms with Crippen LogP contribution >= 0.6 is 0 Å². The first kappa shape index (κ1) is 22.7. The van der Waals surface area contributed by atoms with Crippen LogP contribution in [0.15, 0.2) is 36.5 Å². The molecule has 0 amide bonds. The number of hydrogen-bond donors (Lipinski definition) is 2. The Hall–Kier alpha value is -1.35. The molecule has 148 valence electrons. The van der Waals surface area contributed by atoms with Crippen molar-refractivity contribution in [2.75, 3.05) is 0 Å². The molecule has 26 heavy (non-hydrogen) atoms. The quantitative estimate of drug-likeness (QED) is 0.260. The summed E-state index contributed by atoms with van der Waals surface area (Å²) in [5.41, 5.74) is 0. The second-order valence-corrected chi connectivity index (χ2v) is 7.49. The number of carboxylic acid groups (broad SMARTS) is 1. The van der Waals surface area contributed by atoms with E-state index < -0.39 is 12.1 Å². The van der Waals surface area contributed by atoms with E-state index in [1.54, 1.807) is 0 Å². The number of aliphatic hydroxyl groups is 1. The molecule has 1 saturated carbocycles. The second-order valence-electron chi connectivity index (χ2n) is 7.49. The van der Waals surface area contributed by atoms with Crippen molar-refractivity contribution in [3.05, 3.63) is 36.5 Å². The largest absolute Gasteiger partial charge is 0.481 e. The topological polar surface area (TPSA) is 57.5 Å². The monoisotopic (exact) mass is 362 g/mol. The molecule has 0 saturated heterocycles. The Morgan fingerprint density at radius 2 is 1.69 bits per heavy atom. The molecule has 1 aliphatic rings. The molecule has 1 fully saturated rings. The zero-order valence-electron chi connectivity index (χ0n) is 16.5. The third-order valence-electron chi connectivity index (χ3n) is 4.92. The summed E-state index contributed by atoms with van der Waals surface area (Å²) in [6.07, 6.45) is 24.7. The van der Waals surface area contributed by atoms with Gasteiger partial charge in [0.05, 0.1) is 6.10 Å². The Bertz CT molecular complexity index is 446. The lowest BCUT2D eigenvalue weighted by atomic mass is 9.96. The van der Waals surface area contributed by atoms with Gasteiger partial charge in [-0.3, -0.25) is 4.79 Å². The van der Waals surface area contributed by atoms with Crippen molar-refractivity contribution in [2.45, 2.75) is 90.1 Å². The molecule has 0 unspecified atom stereocenters. The molecule has 1 rings (SSSR count). The third-order valence-corrected chi connectivity index (χ3v) is 4.92. The van der Waals surface area contributed by atoms with E-state index >= 15 is 0 Å². The Morgan fingerprint density at radius 3 is 2.38 bits per heavy atom. The van der Waals surface area contributed by atoms with Crippen LogP contribution in [0.3, 0.4) is 0 Å². The van der Waals surface area contributed by atoms with Crippen LogP contribution in [-0.4, -0.2) is 22.3 Å². The van der Waals surface area contributed by atoms with E-state index in [2.05, 4.69) is 25.2 Å². The van der Waals surface area contributed by atoms with Gasteiger partial charge in [0.25, 0.3) is 0 Å². The van der Waals surface area contributed by atoms with E-state index in [1.165, 1.54) is 44.9 Å². The third kappa shape index (κ3) is 12.9. The van der Waals surface area contributed by atoms with Gasteiger partial charge < -0.3 is 10.2 Å². The SMILES string of the molecule is CCCCCC=CCC[C@@H](C=C[C@@H](O)CC=CCCCC(=O)O)C1CC1. The number of rotatable bonds is 16. The van der Waals surface area contributed by atoms with Gasteiger partial charge in [0.15, 0.2) is 0 Å². The number of allylic oxidation sites excluding steroid dienone is 4. The van der Waals surface area contributed by atoms with E-state index in [0.29, 0.717) is 18.8 Å². The van der Waals surface area contributed by atoms with E-state index in [4.69, 9.17) is 5.11 Å². The molecule has 0 spiro atoms. The maximum absolute atomic E-state index is 10.4. The summed E-state index contributed by atoms with van der Waals surface area (Å²) in [5.74, 6) is 0.672. The van der Waals surface area contributed by atoms with Crippen LogP contribution < -0.4 is 0 Å². The number of carboxylic acids is 1. The second kappa shape index (κ2) is 14.8. The highest BCUT2D eigenvalue weighted by molar-refractivity contribution is 5.66. The molecule has 0 radical (unpaired) electrons. The van der Waals surface area contributed by atoms with Crippen LogP contribution in [0, 0.1) is 11.8 Å². The number of unbranched alkanes of at least 4 members (excludes halogenated alkanes) is 4. The van der Waals surface area contributed by atoms with E-state index in [-0.39, 0.29) is 6.42 Å². The molecule has 2 N–H and O–H groups in total. The van der Waals surface area contributed by atoms with Crippen LogP contribution in [0.1, 0.15) is 84.0 Å². The summed E-state index contributed by atoms with van der Waals surface area (Å²) < 4.78 is 0. The lowest BCUT2D eigenvalue weighted by Crippen LogP contribution is -2.04. The van der Waals surface area contributed by atoms with Crippen molar-refractivity contribution in [1.82, 2.24) is 0 Å². The van der Waals surface area contributed by atoms with Crippen LogP contribution in [0.4, 0.5) is 0 Å². The van der Waals surface area contributed by atoms with Crippen molar-refractivity contribution < 1.29 is 15.0 Å². The van der Waals surface area contributed by atoms with Gasteiger partial charge in [0.2, 0.25) is 0 Å². The fourth-order valence-corrected chi connectivity index (χ4v) is 3.12. The van der Waals surface area contributed by atoms with Crippen LogP contribution in [0.25, 0.3) is 0 Å². The molecule has 0 aliphatic heterocycles. The molecule has 3 nitrogen and oxygen atoms in total. The predicted molar refractivity (Wildman–Crippen MR) is 109 cm³/mol. The van der Waals surface area contributed by atoms with Crippen molar-refractivity contribution in [3.8, 4) is 0 Å². The van der Waals surface area contributed by atoms with E-state index in [1.807, 2.05) is 18.2 Å². The average Bonchev–Trinajstić information content (AvgIpc) is 3.44. The fraction of sp³-hybridized carbons (Fsp3) is 0.696. The highest BCUT2D eigenvalue weighted by atomic mass is 16.4. The first-order valence-corrected chi connectivity index (χ1v) is 10.5. The minimum Gasteiger partial charge on any atom is -0.481 e. The number of hydrogen-bond acceptors (Lipinski definition) is 2. The van der Waals surface area contributed by atoms with Gasteiger partial charge in [-0.05, 0) is 69.6 Å². The van der Waals surface area contributed by atoms with Gasteiger partial charge in [-0.25, -0.2) is 0 Å². The molecular formula is C23H38O3. The molecule has 3 heteroatoms. The minimum atomic E-state index is -0.747. The van der Waals surface area contributed by atoms with Gasteiger partial charge in [-0.15, -0.1) is 0 Å². The molecular weight excluding hydrogens is 324 g/mol.